The molecule has 1 nitrogen and oxygen atoms in total. The molecule has 3 aromatic rings. The van der Waals surface area contributed by atoms with E-state index in [1.807, 2.05) is 30.3 Å². The van der Waals surface area contributed by atoms with Gasteiger partial charge < -0.3 is 0 Å². The summed E-state index contributed by atoms with van der Waals surface area (Å²) in [6.07, 6.45) is 0. The standard InChI is InChI=1S/C19H12IO/c21-19-17-9-5-4-8-15(17)16-11-10-14(12-18(16)19)20-13-6-2-1-3-7-13/h1-12H/q-1. The molecule has 0 saturated heterocycles. The van der Waals surface area contributed by atoms with Crippen molar-refractivity contribution < 1.29 is 26.0 Å². The van der Waals surface area contributed by atoms with E-state index in [0.29, 0.717) is 0 Å². The first kappa shape index (κ1) is 12.8. The Morgan fingerprint density at radius 2 is 1.24 bits per heavy atom. The summed E-state index contributed by atoms with van der Waals surface area (Å²) < 4.78 is 2.67. The van der Waals surface area contributed by atoms with Gasteiger partial charge in [0.1, 0.15) is 0 Å². The van der Waals surface area contributed by atoms with E-state index in [-0.39, 0.29) is 27.0 Å². The van der Waals surface area contributed by atoms with Gasteiger partial charge in [-0.25, -0.2) is 0 Å². The third-order valence-corrected chi connectivity index (χ3v) is 6.28. The summed E-state index contributed by atoms with van der Waals surface area (Å²) in [5.74, 6) is 0.166. The summed E-state index contributed by atoms with van der Waals surface area (Å²) in [4.78, 5) is 12.5. The molecule has 0 aromatic heterocycles. The van der Waals surface area contributed by atoms with Gasteiger partial charge in [0.2, 0.25) is 0 Å². The minimum absolute atomic E-state index is 0.166. The number of fused-ring (bicyclic) bond motifs is 3. The first-order valence-corrected chi connectivity index (χ1v) is 8.97. The molecule has 0 N–H and O–H groups in total. The monoisotopic (exact) mass is 383 g/mol. The van der Waals surface area contributed by atoms with Crippen molar-refractivity contribution in [3.05, 3.63) is 91.1 Å². The average Bonchev–Trinajstić information content (AvgIpc) is 2.82. The SMILES string of the molecule is O=C1c2ccccc2-c2ccc([I-]c3ccccc3)cc21. The number of ketones is 1. The van der Waals surface area contributed by atoms with E-state index < -0.39 is 0 Å². The molecule has 0 atom stereocenters. The first-order chi connectivity index (χ1) is 10.3. The summed E-state index contributed by atoms with van der Waals surface area (Å²) in [6, 6.07) is 24.8. The van der Waals surface area contributed by atoms with Crippen LogP contribution < -0.4 is 21.2 Å². The van der Waals surface area contributed by atoms with Crippen LogP contribution in [0.1, 0.15) is 15.9 Å². The maximum absolute atomic E-state index is 12.5. The zero-order chi connectivity index (χ0) is 14.2. The molecule has 21 heavy (non-hydrogen) atoms. The quantitative estimate of drug-likeness (QED) is 0.473. The fraction of sp³-hybridized carbons (Fsp3) is 0. The number of carbonyl (C=O) groups excluding carboxylic acids is 1. The molecule has 2 heteroatoms. The van der Waals surface area contributed by atoms with E-state index in [2.05, 4.69) is 42.5 Å². The molecule has 0 amide bonds. The van der Waals surface area contributed by atoms with E-state index in [1.165, 1.54) is 7.14 Å². The van der Waals surface area contributed by atoms with Gasteiger partial charge in [-0.15, -0.1) is 0 Å². The predicted octanol–water partition coefficient (Wildman–Crippen LogP) is 1.03. The Labute approximate surface area is 133 Å². The van der Waals surface area contributed by atoms with Gasteiger partial charge in [0.15, 0.2) is 0 Å². The minimum atomic E-state index is -0.228. The number of halogens is 1. The second kappa shape index (κ2) is 5.11. The van der Waals surface area contributed by atoms with Crippen LogP contribution in [0.25, 0.3) is 11.1 Å². The van der Waals surface area contributed by atoms with Crippen molar-refractivity contribution in [1.82, 2.24) is 0 Å². The van der Waals surface area contributed by atoms with Crippen LogP contribution in [0.4, 0.5) is 0 Å². The van der Waals surface area contributed by atoms with Crippen molar-refractivity contribution >= 4 is 5.78 Å². The number of rotatable bonds is 2. The van der Waals surface area contributed by atoms with Gasteiger partial charge in [-0.2, -0.15) is 0 Å². The molecular formula is C19H12IO-. The van der Waals surface area contributed by atoms with Crippen molar-refractivity contribution in [1.29, 1.82) is 0 Å². The second-order valence-electron chi connectivity index (χ2n) is 4.95. The second-order valence-corrected chi connectivity index (χ2v) is 7.99. The van der Waals surface area contributed by atoms with E-state index >= 15 is 0 Å². The Morgan fingerprint density at radius 1 is 0.571 bits per heavy atom. The predicted molar refractivity (Wildman–Crippen MR) is 79.1 cm³/mol. The van der Waals surface area contributed by atoms with Gasteiger partial charge in [0.25, 0.3) is 0 Å². The Morgan fingerprint density at radius 3 is 2.05 bits per heavy atom. The molecule has 0 saturated carbocycles. The maximum atomic E-state index is 12.5. The molecule has 102 valence electrons. The molecule has 0 radical (unpaired) electrons. The van der Waals surface area contributed by atoms with Gasteiger partial charge in [-0.1, -0.05) is 0 Å². The van der Waals surface area contributed by atoms with E-state index in [1.54, 1.807) is 0 Å². The molecule has 4 rings (SSSR count). The zero-order valence-corrected chi connectivity index (χ0v) is 13.4. The Bertz CT molecular complexity index is 837. The third kappa shape index (κ3) is 2.20. The van der Waals surface area contributed by atoms with Crippen LogP contribution in [0.15, 0.2) is 72.8 Å². The summed E-state index contributed by atoms with van der Waals surface area (Å²) in [5, 5.41) is 0. The Balaban J connectivity index is 1.75. The molecule has 0 unspecified atom stereocenters. The third-order valence-electron chi connectivity index (χ3n) is 3.64. The fourth-order valence-corrected chi connectivity index (χ4v) is 4.98. The topological polar surface area (TPSA) is 17.1 Å². The van der Waals surface area contributed by atoms with E-state index in [4.69, 9.17) is 0 Å². The fourth-order valence-electron chi connectivity index (χ4n) is 2.66. The molecule has 0 spiro atoms. The zero-order valence-electron chi connectivity index (χ0n) is 11.2. The Kier molecular flexibility index (Phi) is 3.11. The molecule has 0 bridgehead atoms. The number of hydrogen-bond donors (Lipinski definition) is 0. The normalized spacial score (nSPS) is 12.3. The summed E-state index contributed by atoms with van der Waals surface area (Å²) in [7, 11) is 0. The van der Waals surface area contributed by atoms with Gasteiger partial charge in [-0.05, 0) is 0 Å². The van der Waals surface area contributed by atoms with Crippen molar-refractivity contribution in [2.75, 3.05) is 0 Å². The van der Waals surface area contributed by atoms with Gasteiger partial charge >= 0.3 is 134 Å². The van der Waals surface area contributed by atoms with E-state index in [0.717, 1.165) is 22.3 Å². The van der Waals surface area contributed by atoms with Crippen LogP contribution in [-0.2, 0) is 0 Å². The van der Waals surface area contributed by atoms with Gasteiger partial charge in [-0.3, -0.25) is 0 Å². The summed E-state index contributed by atoms with van der Waals surface area (Å²) in [6.45, 7) is 0. The van der Waals surface area contributed by atoms with Crippen LogP contribution in [-0.4, -0.2) is 5.78 Å². The molecule has 1 aliphatic rings. The van der Waals surface area contributed by atoms with Crippen molar-refractivity contribution in [3.63, 3.8) is 0 Å². The van der Waals surface area contributed by atoms with Gasteiger partial charge in [0, 0.05) is 0 Å². The molecule has 0 heterocycles. The van der Waals surface area contributed by atoms with Crippen molar-refractivity contribution in [2.24, 2.45) is 0 Å². The van der Waals surface area contributed by atoms with Crippen LogP contribution in [0, 0.1) is 7.14 Å². The first-order valence-electron chi connectivity index (χ1n) is 6.81. The molecule has 0 fully saturated rings. The van der Waals surface area contributed by atoms with Crippen LogP contribution in [0.5, 0.6) is 0 Å². The van der Waals surface area contributed by atoms with Crippen molar-refractivity contribution in [2.45, 2.75) is 0 Å². The summed E-state index contributed by atoms with van der Waals surface area (Å²) in [5.41, 5.74) is 3.85. The van der Waals surface area contributed by atoms with Crippen LogP contribution in [0.2, 0.25) is 0 Å². The molecular weight excluding hydrogens is 371 g/mol. The van der Waals surface area contributed by atoms with Gasteiger partial charge in [0.05, 0.1) is 0 Å². The number of carbonyl (C=O) groups is 1. The molecule has 1 aliphatic carbocycles. The molecule has 0 aliphatic heterocycles. The average molecular weight is 383 g/mol. The number of benzene rings is 3. The van der Waals surface area contributed by atoms with Crippen molar-refractivity contribution in [3.8, 4) is 11.1 Å². The van der Waals surface area contributed by atoms with Crippen LogP contribution >= 0.6 is 0 Å². The Hall–Kier alpha value is -1.94. The number of hydrogen-bond acceptors (Lipinski definition) is 1. The molecule has 3 aromatic carbocycles. The summed E-state index contributed by atoms with van der Waals surface area (Å²) >= 11 is -0.228. The van der Waals surface area contributed by atoms with E-state index in [9.17, 15) is 4.79 Å². The van der Waals surface area contributed by atoms with Crippen LogP contribution in [0.3, 0.4) is 0 Å².